The quantitative estimate of drug-likeness (QED) is 0.735. The summed E-state index contributed by atoms with van der Waals surface area (Å²) < 4.78 is 6.50. The molecule has 1 aromatic carbocycles. The highest BCUT2D eigenvalue weighted by molar-refractivity contribution is 5.77. The molecule has 6 nitrogen and oxygen atoms in total. The van der Waals surface area contributed by atoms with Crippen molar-refractivity contribution in [3.8, 4) is 0 Å². The zero-order valence-electron chi connectivity index (χ0n) is 9.85. The van der Waals surface area contributed by atoms with E-state index in [1.165, 1.54) is 7.11 Å². The van der Waals surface area contributed by atoms with Crippen molar-refractivity contribution in [3.05, 3.63) is 41.7 Å². The summed E-state index contributed by atoms with van der Waals surface area (Å²) in [5.74, 6) is -0.0876. The van der Waals surface area contributed by atoms with Crippen molar-refractivity contribution in [2.45, 2.75) is 18.4 Å². The van der Waals surface area contributed by atoms with Crippen molar-refractivity contribution in [2.24, 2.45) is 0 Å². The Hall–Kier alpha value is -2.24. The number of methoxy groups -OCH3 is 1. The molecule has 0 aliphatic carbocycles. The molecule has 0 spiro atoms. The maximum absolute atomic E-state index is 11.7. The largest absolute Gasteiger partial charge is 0.468 e. The van der Waals surface area contributed by atoms with E-state index in [4.69, 9.17) is 4.74 Å². The molecule has 0 bridgehead atoms. The van der Waals surface area contributed by atoms with Gasteiger partial charge in [-0.1, -0.05) is 30.3 Å². The molecule has 2 heterocycles. The van der Waals surface area contributed by atoms with Crippen LogP contribution in [0.4, 0.5) is 0 Å². The first-order chi connectivity index (χ1) is 8.81. The van der Waals surface area contributed by atoms with Gasteiger partial charge in [-0.3, -0.25) is 4.79 Å². The Kier molecular flexibility index (Phi) is 2.55. The average Bonchev–Trinajstić information content (AvgIpc) is 3.00. The Morgan fingerprint density at radius 1 is 1.39 bits per heavy atom. The van der Waals surface area contributed by atoms with Gasteiger partial charge in [0, 0.05) is 0 Å². The summed E-state index contributed by atoms with van der Waals surface area (Å²) in [7, 11) is 1.38. The summed E-state index contributed by atoms with van der Waals surface area (Å²) in [5.41, 5.74) is 1.09. The van der Waals surface area contributed by atoms with Gasteiger partial charge in [-0.05, 0) is 22.4 Å². The predicted molar refractivity (Wildman–Crippen MR) is 61.8 cm³/mol. The maximum atomic E-state index is 11.7. The molecule has 92 valence electrons. The molecule has 3 rings (SSSR count). The van der Waals surface area contributed by atoms with Gasteiger partial charge in [0.15, 0.2) is 5.82 Å². The number of tetrazole rings is 1. The SMILES string of the molecule is COC(=O)C1C[C@H](c2ccccc2)n2nnnc21. The van der Waals surface area contributed by atoms with Crippen LogP contribution in [0.25, 0.3) is 0 Å². The van der Waals surface area contributed by atoms with Gasteiger partial charge in [0.1, 0.15) is 5.92 Å². The minimum absolute atomic E-state index is 0.000278. The molecule has 6 heteroatoms. The Balaban J connectivity index is 1.99. The number of hydrogen-bond donors (Lipinski definition) is 0. The van der Waals surface area contributed by atoms with Gasteiger partial charge in [0.2, 0.25) is 0 Å². The van der Waals surface area contributed by atoms with Gasteiger partial charge in [-0.25, -0.2) is 4.68 Å². The summed E-state index contributed by atoms with van der Waals surface area (Å²) >= 11 is 0. The van der Waals surface area contributed by atoms with Crippen LogP contribution >= 0.6 is 0 Å². The van der Waals surface area contributed by atoms with Crippen molar-refractivity contribution < 1.29 is 9.53 Å². The Bertz CT molecular complexity index is 566. The lowest BCUT2D eigenvalue weighted by Crippen LogP contribution is -2.12. The third kappa shape index (κ3) is 1.57. The summed E-state index contributed by atoms with van der Waals surface area (Å²) in [6.45, 7) is 0. The molecule has 0 saturated carbocycles. The second kappa shape index (κ2) is 4.21. The van der Waals surface area contributed by atoms with Gasteiger partial charge in [0.25, 0.3) is 0 Å². The van der Waals surface area contributed by atoms with Gasteiger partial charge in [0.05, 0.1) is 13.2 Å². The number of carbonyl (C=O) groups excluding carboxylic acids is 1. The maximum Gasteiger partial charge on any atom is 0.316 e. The fraction of sp³-hybridized carbons (Fsp3) is 0.333. The van der Waals surface area contributed by atoms with E-state index in [0.29, 0.717) is 12.2 Å². The van der Waals surface area contributed by atoms with Gasteiger partial charge in [-0.2, -0.15) is 0 Å². The third-order valence-electron chi connectivity index (χ3n) is 3.25. The number of nitrogens with zero attached hydrogens (tertiary/aromatic N) is 4. The van der Waals surface area contributed by atoms with E-state index in [0.717, 1.165) is 5.56 Å². The lowest BCUT2D eigenvalue weighted by atomic mass is 9.99. The molecule has 0 amide bonds. The highest BCUT2D eigenvalue weighted by Crippen LogP contribution is 2.38. The van der Waals surface area contributed by atoms with E-state index in [1.807, 2.05) is 30.3 Å². The summed E-state index contributed by atoms with van der Waals surface area (Å²) in [6, 6.07) is 9.90. The molecule has 1 aliphatic rings. The van der Waals surface area contributed by atoms with Crippen LogP contribution in [-0.2, 0) is 9.53 Å². The first kappa shape index (κ1) is 10.9. The van der Waals surface area contributed by atoms with Gasteiger partial charge < -0.3 is 4.74 Å². The van der Waals surface area contributed by atoms with E-state index in [2.05, 4.69) is 15.5 Å². The summed E-state index contributed by atoms with van der Waals surface area (Å²) in [6.07, 6.45) is 0.620. The lowest BCUT2D eigenvalue weighted by molar-refractivity contribution is -0.142. The number of carbonyl (C=O) groups is 1. The fourth-order valence-corrected chi connectivity index (χ4v) is 2.38. The number of esters is 1. The number of ether oxygens (including phenoxy) is 1. The molecule has 1 aromatic heterocycles. The van der Waals surface area contributed by atoms with Crippen LogP contribution in [0.5, 0.6) is 0 Å². The van der Waals surface area contributed by atoms with Crippen molar-refractivity contribution in [1.29, 1.82) is 0 Å². The second-order valence-corrected chi connectivity index (χ2v) is 4.22. The first-order valence-electron chi connectivity index (χ1n) is 5.72. The van der Waals surface area contributed by atoms with E-state index in [-0.39, 0.29) is 17.9 Å². The molecule has 2 atom stereocenters. The van der Waals surface area contributed by atoms with E-state index in [9.17, 15) is 4.79 Å². The van der Waals surface area contributed by atoms with Crippen LogP contribution in [0.15, 0.2) is 30.3 Å². The fourth-order valence-electron chi connectivity index (χ4n) is 2.38. The number of hydrogen-bond acceptors (Lipinski definition) is 5. The Morgan fingerprint density at radius 2 is 2.17 bits per heavy atom. The van der Waals surface area contributed by atoms with Gasteiger partial charge >= 0.3 is 5.97 Å². The van der Waals surface area contributed by atoms with E-state index in [1.54, 1.807) is 4.68 Å². The zero-order valence-corrected chi connectivity index (χ0v) is 9.85. The zero-order chi connectivity index (χ0) is 12.5. The number of fused-ring (bicyclic) bond motifs is 1. The monoisotopic (exact) mass is 244 g/mol. The minimum atomic E-state index is -0.379. The summed E-state index contributed by atoms with van der Waals surface area (Å²) in [5, 5.41) is 11.5. The number of aromatic nitrogens is 4. The molecular formula is C12H12N4O2. The van der Waals surface area contributed by atoms with Crippen molar-refractivity contribution in [2.75, 3.05) is 7.11 Å². The minimum Gasteiger partial charge on any atom is -0.468 e. The van der Waals surface area contributed by atoms with Crippen LogP contribution in [0.2, 0.25) is 0 Å². The topological polar surface area (TPSA) is 69.9 Å². The van der Waals surface area contributed by atoms with Gasteiger partial charge in [-0.15, -0.1) is 5.10 Å². The van der Waals surface area contributed by atoms with E-state index < -0.39 is 0 Å². The van der Waals surface area contributed by atoms with Crippen molar-refractivity contribution in [1.82, 2.24) is 20.2 Å². The molecule has 0 saturated heterocycles. The van der Waals surface area contributed by atoms with Crippen molar-refractivity contribution in [3.63, 3.8) is 0 Å². The molecule has 1 aliphatic heterocycles. The molecule has 0 fully saturated rings. The molecule has 1 unspecified atom stereocenters. The molecule has 2 aromatic rings. The highest BCUT2D eigenvalue weighted by Gasteiger charge is 2.39. The normalized spacial score (nSPS) is 21.6. The Morgan fingerprint density at radius 3 is 2.89 bits per heavy atom. The molecule has 0 N–H and O–H groups in total. The third-order valence-corrected chi connectivity index (χ3v) is 3.25. The smallest absolute Gasteiger partial charge is 0.316 e. The van der Waals surface area contributed by atoms with Crippen LogP contribution in [0, 0.1) is 0 Å². The van der Waals surface area contributed by atoms with Crippen LogP contribution in [-0.4, -0.2) is 33.3 Å². The first-order valence-corrected chi connectivity index (χ1v) is 5.72. The molecular weight excluding hydrogens is 232 g/mol. The number of benzene rings is 1. The molecule has 0 radical (unpaired) electrons. The van der Waals surface area contributed by atoms with Crippen molar-refractivity contribution >= 4 is 5.97 Å². The van der Waals surface area contributed by atoms with Crippen LogP contribution < -0.4 is 0 Å². The standard InChI is InChI=1S/C12H12N4O2/c1-18-12(17)9-7-10(8-5-3-2-4-6-8)16-11(9)13-14-15-16/h2-6,9-10H,7H2,1H3/t9?,10-/m1/s1. The predicted octanol–water partition coefficient (Wildman–Crippen LogP) is 0.923. The second-order valence-electron chi connectivity index (χ2n) is 4.22. The Labute approximate surface area is 104 Å². The average molecular weight is 244 g/mol. The van der Waals surface area contributed by atoms with E-state index >= 15 is 0 Å². The lowest BCUT2D eigenvalue weighted by Gasteiger charge is -2.11. The molecule has 18 heavy (non-hydrogen) atoms. The van der Waals surface area contributed by atoms with Crippen LogP contribution in [0.1, 0.15) is 29.8 Å². The number of rotatable bonds is 2. The summed E-state index contributed by atoms with van der Waals surface area (Å²) in [4.78, 5) is 11.7. The highest BCUT2D eigenvalue weighted by atomic mass is 16.5. The van der Waals surface area contributed by atoms with Crippen LogP contribution in [0.3, 0.4) is 0 Å².